The van der Waals surface area contributed by atoms with Gasteiger partial charge < -0.3 is 15.6 Å². The first-order valence-electron chi connectivity index (χ1n) is 9.64. The number of H-pyrrole nitrogens is 1. The molecule has 6 nitrogen and oxygen atoms in total. The second-order valence-corrected chi connectivity index (χ2v) is 7.36. The van der Waals surface area contributed by atoms with Crippen molar-refractivity contribution in [1.82, 2.24) is 14.9 Å². The predicted molar refractivity (Wildman–Crippen MR) is 108 cm³/mol. The van der Waals surface area contributed by atoms with Crippen LogP contribution in [0.3, 0.4) is 0 Å². The molecule has 0 spiro atoms. The molecule has 3 aromatic rings. The van der Waals surface area contributed by atoms with Crippen molar-refractivity contribution in [3.63, 3.8) is 0 Å². The monoisotopic (exact) mass is 373 g/mol. The van der Waals surface area contributed by atoms with Crippen LogP contribution < -0.4 is 5.73 Å². The van der Waals surface area contributed by atoms with E-state index >= 15 is 0 Å². The first kappa shape index (κ1) is 18.2. The SMILES string of the molecule is N#Cc1ccc(CCN2CCC(c3nc4cccc(C(N)=O)c4[nH]3)CC2)cc1. The molecule has 2 aromatic carbocycles. The van der Waals surface area contributed by atoms with Gasteiger partial charge in [0.2, 0.25) is 0 Å². The Hall–Kier alpha value is -3.17. The van der Waals surface area contributed by atoms with Crippen LogP contribution >= 0.6 is 0 Å². The van der Waals surface area contributed by atoms with E-state index in [1.807, 2.05) is 36.4 Å². The molecule has 1 saturated heterocycles. The number of carbonyl (C=O) groups excluding carboxylic acids is 1. The van der Waals surface area contributed by atoms with Crippen LogP contribution in [0.5, 0.6) is 0 Å². The Morgan fingerprint density at radius 2 is 1.96 bits per heavy atom. The number of amides is 1. The Labute approximate surface area is 164 Å². The molecular formula is C22H23N5O. The topological polar surface area (TPSA) is 98.8 Å². The van der Waals surface area contributed by atoms with E-state index in [1.165, 1.54) is 5.56 Å². The maximum atomic E-state index is 11.6. The third kappa shape index (κ3) is 3.75. The molecule has 0 aliphatic carbocycles. The summed E-state index contributed by atoms with van der Waals surface area (Å²) in [4.78, 5) is 22.1. The van der Waals surface area contributed by atoms with Crippen LogP contribution in [0.15, 0.2) is 42.5 Å². The molecule has 0 radical (unpaired) electrons. The molecule has 0 unspecified atom stereocenters. The number of aromatic amines is 1. The summed E-state index contributed by atoms with van der Waals surface area (Å²) in [5.74, 6) is 0.896. The highest BCUT2D eigenvalue weighted by atomic mass is 16.1. The zero-order valence-corrected chi connectivity index (χ0v) is 15.7. The Morgan fingerprint density at radius 3 is 2.64 bits per heavy atom. The largest absolute Gasteiger partial charge is 0.366 e. The minimum atomic E-state index is -0.432. The number of hydrogen-bond acceptors (Lipinski definition) is 4. The van der Waals surface area contributed by atoms with Gasteiger partial charge in [-0.25, -0.2) is 4.98 Å². The number of nitriles is 1. The molecular weight excluding hydrogens is 350 g/mol. The van der Waals surface area contributed by atoms with Crippen LogP contribution in [0.25, 0.3) is 11.0 Å². The molecule has 4 rings (SSSR count). The predicted octanol–water partition coefficient (Wildman–Crippen LogP) is 2.96. The lowest BCUT2D eigenvalue weighted by Gasteiger charge is -2.31. The Morgan fingerprint density at radius 1 is 1.21 bits per heavy atom. The quantitative estimate of drug-likeness (QED) is 0.718. The van der Waals surface area contributed by atoms with E-state index in [9.17, 15) is 4.79 Å². The van der Waals surface area contributed by atoms with E-state index in [0.29, 0.717) is 17.0 Å². The summed E-state index contributed by atoms with van der Waals surface area (Å²) in [6.07, 6.45) is 3.07. The second kappa shape index (κ2) is 7.83. The number of carbonyl (C=O) groups is 1. The van der Waals surface area contributed by atoms with Crippen LogP contribution in [0.2, 0.25) is 0 Å². The highest BCUT2D eigenvalue weighted by Crippen LogP contribution is 2.28. The van der Waals surface area contributed by atoms with Gasteiger partial charge in [0, 0.05) is 12.5 Å². The van der Waals surface area contributed by atoms with Gasteiger partial charge in [-0.15, -0.1) is 0 Å². The third-order valence-corrected chi connectivity index (χ3v) is 5.58. The molecule has 0 bridgehead atoms. The average Bonchev–Trinajstić information content (AvgIpc) is 3.17. The van der Waals surface area contributed by atoms with Crippen LogP contribution in [0.4, 0.5) is 0 Å². The molecule has 1 amide bonds. The molecule has 1 aliphatic rings. The van der Waals surface area contributed by atoms with Crippen molar-refractivity contribution in [2.45, 2.75) is 25.2 Å². The van der Waals surface area contributed by atoms with Crippen molar-refractivity contribution >= 4 is 16.9 Å². The number of nitrogens with two attached hydrogens (primary N) is 1. The smallest absolute Gasteiger partial charge is 0.250 e. The van der Waals surface area contributed by atoms with E-state index < -0.39 is 5.91 Å². The molecule has 0 atom stereocenters. The van der Waals surface area contributed by atoms with Crippen molar-refractivity contribution in [1.29, 1.82) is 5.26 Å². The summed E-state index contributed by atoms with van der Waals surface area (Å²) >= 11 is 0. The zero-order chi connectivity index (χ0) is 19.5. The zero-order valence-electron chi connectivity index (χ0n) is 15.7. The molecule has 0 saturated carbocycles. The molecule has 142 valence electrons. The Bertz CT molecular complexity index is 1020. The molecule has 1 aromatic heterocycles. The summed E-state index contributed by atoms with van der Waals surface area (Å²) < 4.78 is 0. The van der Waals surface area contributed by atoms with Gasteiger partial charge >= 0.3 is 0 Å². The fraction of sp³-hybridized carbons (Fsp3) is 0.318. The molecule has 2 heterocycles. The van der Waals surface area contributed by atoms with Crippen LogP contribution in [0.1, 0.15) is 46.1 Å². The number of nitrogens with one attached hydrogen (secondary N) is 1. The van der Waals surface area contributed by atoms with Crippen molar-refractivity contribution in [3.05, 3.63) is 65.0 Å². The number of likely N-dealkylation sites (tertiary alicyclic amines) is 1. The molecule has 28 heavy (non-hydrogen) atoms. The fourth-order valence-electron chi connectivity index (χ4n) is 3.91. The van der Waals surface area contributed by atoms with Crippen molar-refractivity contribution in [3.8, 4) is 6.07 Å². The van der Waals surface area contributed by atoms with Gasteiger partial charge in [0.1, 0.15) is 5.82 Å². The third-order valence-electron chi connectivity index (χ3n) is 5.58. The van der Waals surface area contributed by atoms with Crippen molar-refractivity contribution in [2.75, 3.05) is 19.6 Å². The van der Waals surface area contributed by atoms with Gasteiger partial charge in [-0.3, -0.25) is 4.79 Å². The maximum absolute atomic E-state index is 11.6. The van der Waals surface area contributed by atoms with Crippen LogP contribution in [0, 0.1) is 11.3 Å². The first-order chi connectivity index (χ1) is 13.6. The van der Waals surface area contributed by atoms with Gasteiger partial charge in [-0.05, 0) is 62.2 Å². The van der Waals surface area contributed by atoms with Crippen molar-refractivity contribution in [2.24, 2.45) is 5.73 Å². The number of nitrogens with zero attached hydrogens (tertiary/aromatic N) is 3. The van der Waals surface area contributed by atoms with Gasteiger partial charge in [0.25, 0.3) is 5.91 Å². The Balaban J connectivity index is 1.36. The maximum Gasteiger partial charge on any atom is 0.250 e. The van der Waals surface area contributed by atoms with E-state index in [2.05, 4.69) is 16.0 Å². The number of benzene rings is 2. The van der Waals surface area contributed by atoms with Gasteiger partial charge in [-0.1, -0.05) is 18.2 Å². The number of rotatable bonds is 5. The number of hydrogen-bond donors (Lipinski definition) is 2. The lowest BCUT2D eigenvalue weighted by Crippen LogP contribution is -2.34. The molecule has 1 fully saturated rings. The van der Waals surface area contributed by atoms with E-state index in [-0.39, 0.29) is 0 Å². The lowest BCUT2D eigenvalue weighted by atomic mass is 9.96. The standard InChI is InChI=1S/C22H23N5O/c23-14-16-6-4-15(5-7-16)8-11-27-12-9-17(10-13-27)22-25-19-3-1-2-18(21(24)28)20(19)26-22/h1-7,17H,8-13H2,(H2,24,28)(H,25,26). The van der Waals surface area contributed by atoms with E-state index in [0.717, 1.165) is 55.8 Å². The minimum absolute atomic E-state index is 0.374. The first-order valence-corrected chi connectivity index (χ1v) is 9.64. The summed E-state index contributed by atoms with van der Waals surface area (Å²) in [6, 6.07) is 15.5. The normalized spacial score (nSPS) is 15.5. The molecule has 6 heteroatoms. The molecule has 3 N–H and O–H groups in total. The highest BCUT2D eigenvalue weighted by Gasteiger charge is 2.23. The van der Waals surface area contributed by atoms with Gasteiger partial charge in [-0.2, -0.15) is 5.26 Å². The lowest BCUT2D eigenvalue weighted by molar-refractivity contribution is 0.100. The van der Waals surface area contributed by atoms with Gasteiger partial charge in [0.05, 0.1) is 28.2 Å². The van der Waals surface area contributed by atoms with Gasteiger partial charge in [0.15, 0.2) is 0 Å². The number of imidazole rings is 1. The highest BCUT2D eigenvalue weighted by molar-refractivity contribution is 6.04. The Kier molecular flexibility index (Phi) is 5.09. The fourth-order valence-corrected chi connectivity index (χ4v) is 3.91. The van der Waals surface area contributed by atoms with E-state index in [4.69, 9.17) is 16.0 Å². The van der Waals surface area contributed by atoms with Crippen LogP contribution in [-0.4, -0.2) is 40.4 Å². The van der Waals surface area contributed by atoms with Crippen LogP contribution in [-0.2, 0) is 6.42 Å². The number of piperidine rings is 1. The average molecular weight is 373 g/mol. The summed E-state index contributed by atoms with van der Waals surface area (Å²) in [6.45, 7) is 3.08. The second-order valence-electron chi connectivity index (χ2n) is 7.36. The molecule has 1 aliphatic heterocycles. The summed E-state index contributed by atoms with van der Waals surface area (Å²) in [7, 11) is 0. The number of fused-ring (bicyclic) bond motifs is 1. The van der Waals surface area contributed by atoms with Crippen molar-refractivity contribution < 1.29 is 4.79 Å². The number of primary amides is 1. The van der Waals surface area contributed by atoms with E-state index in [1.54, 1.807) is 6.07 Å². The summed E-state index contributed by atoms with van der Waals surface area (Å²) in [5.41, 5.74) is 9.48. The minimum Gasteiger partial charge on any atom is -0.366 e. The summed E-state index contributed by atoms with van der Waals surface area (Å²) in [5, 5.41) is 8.88. The number of aromatic nitrogens is 2. The number of para-hydroxylation sites is 1.